The molecule has 2 rings (SSSR count). The first-order valence-corrected chi connectivity index (χ1v) is 6.49. The van der Waals surface area contributed by atoms with Crippen molar-refractivity contribution >= 4 is 12.2 Å². The Morgan fingerprint density at radius 2 is 1.76 bits per heavy atom. The van der Waals surface area contributed by atoms with Gasteiger partial charge in [-0.3, -0.25) is 0 Å². The zero-order valence-electron chi connectivity index (χ0n) is 12.3. The average molecular weight is 301 g/mol. The molecule has 1 N–H and O–H groups in total. The van der Waals surface area contributed by atoms with Crippen molar-refractivity contribution in [2.45, 2.75) is 44.0 Å². The monoisotopic (exact) mass is 301 g/mol. The molecule has 0 spiro atoms. The molecule has 0 unspecified atom stereocenters. The molecule has 8 nitrogen and oxygen atoms in total. The summed E-state index contributed by atoms with van der Waals surface area (Å²) in [6.07, 6.45) is 0.213. The fourth-order valence-corrected chi connectivity index (χ4v) is 2.39. The Labute approximate surface area is 122 Å². The molecule has 1 heterocycles. The highest BCUT2D eigenvalue weighted by Crippen LogP contribution is 2.35. The summed E-state index contributed by atoms with van der Waals surface area (Å²) in [7, 11) is 2.50. The highest BCUT2D eigenvalue weighted by molar-refractivity contribution is 5.68. The second-order valence-corrected chi connectivity index (χ2v) is 5.15. The van der Waals surface area contributed by atoms with E-state index in [2.05, 4.69) is 14.8 Å². The van der Waals surface area contributed by atoms with E-state index in [0.717, 1.165) is 0 Å². The molecule has 0 bridgehead atoms. The molecule has 8 heteroatoms. The Bertz CT molecular complexity index is 410. The molecule has 21 heavy (non-hydrogen) atoms. The van der Waals surface area contributed by atoms with Gasteiger partial charge in [-0.15, -0.1) is 0 Å². The molecule has 118 valence electrons. The molecule has 1 aliphatic carbocycles. The van der Waals surface area contributed by atoms with E-state index in [1.165, 1.54) is 14.2 Å². The van der Waals surface area contributed by atoms with Crippen LogP contribution in [-0.4, -0.2) is 56.6 Å². The number of amides is 1. The number of ether oxygens (including phenoxy) is 5. The van der Waals surface area contributed by atoms with Gasteiger partial charge in [0.25, 0.3) is 0 Å². The van der Waals surface area contributed by atoms with Crippen molar-refractivity contribution in [2.24, 2.45) is 0 Å². The topological polar surface area (TPSA) is 92.3 Å². The molecule has 1 aliphatic heterocycles. The SMILES string of the molecule is COC(=O)N[C@@H]1C=C[C@H](OC(=O)OC)[C@H]2OC(C)(C)O[C@H]21. The van der Waals surface area contributed by atoms with Crippen molar-refractivity contribution in [2.75, 3.05) is 14.2 Å². The van der Waals surface area contributed by atoms with Crippen LogP contribution in [0.4, 0.5) is 9.59 Å². The van der Waals surface area contributed by atoms with Gasteiger partial charge >= 0.3 is 12.2 Å². The standard InChI is InChI=1S/C13H19NO7/c1-13(2)20-9-7(14-11(15)17-3)5-6-8(10(9)21-13)19-12(16)18-4/h5-10H,1-4H3,(H,14,15)/t7-,8+,9+,10-/m1/s1. The lowest BCUT2D eigenvalue weighted by atomic mass is 9.94. The molecule has 1 saturated heterocycles. The summed E-state index contributed by atoms with van der Waals surface area (Å²) in [5.74, 6) is -0.852. The Kier molecular flexibility index (Phi) is 4.38. The van der Waals surface area contributed by atoms with Gasteiger partial charge < -0.3 is 29.0 Å². The van der Waals surface area contributed by atoms with Crippen LogP contribution in [0.5, 0.6) is 0 Å². The summed E-state index contributed by atoms with van der Waals surface area (Å²) >= 11 is 0. The van der Waals surface area contributed by atoms with Crippen molar-refractivity contribution < 1.29 is 33.3 Å². The van der Waals surface area contributed by atoms with E-state index >= 15 is 0 Å². The molecule has 4 atom stereocenters. The molecule has 0 radical (unpaired) electrons. The highest BCUT2D eigenvalue weighted by atomic mass is 16.8. The number of alkyl carbamates (subject to hydrolysis) is 1. The minimum atomic E-state index is -0.852. The molecule has 2 aliphatic rings. The van der Waals surface area contributed by atoms with Gasteiger partial charge in [0, 0.05) is 0 Å². The summed E-state index contributed by atoms with van der Waals surface area (Å²) in [6.45, 7) is 3.49. The Balaban J connectivity index is 2.16. The summed E-state index contributed by atoms with van der Waals surface area (Å²) in [5, 5.41) is 2.64. The van der Waals surface area contributed by atoms with Gasteiger partial charge in [-0.05, 0) is 19.9 Å². The summed E-state index contributed by atoms with van der Waals surface area (Å²) < 4.78 is 25.7. The Morgan fingerprint density at radius 3 is 2.38 bits per heavy atom. The van der Waals surface area contributed by atoms with Crippen LogP contribution >= 0.6 is 0 Å². The predicted octanol–water partition coefficient (Wildman–Crippen LogP) is 0.952. The van der Waals surface area contributed by atoms with Crippen LogP contribution in [-0.2, 0) is 23.7 Å². The molecule has 0 saturated carbocycles. The number of carbonyl (C=O) groups is 2. The molecular formula is C13H19NO7. The summed E-state index contributed by atoms with van der Waals surface area (Å²) in [4.78, 5) is 22.6. The van der Waals surface area contributed by atoms with Gasteiger partial charge in [0.2, 0.25) is 0 Å². The summed E-state index contributed by atoms with van der Waals surface area (Å²) in [5.41, 5.74) is 0. The third-order valence-electron chi connectivity index (χ3n) is 3.22. The van der Waals surface area contributed by atoms with Gasteiger partial charge in [0.15, 0.2) is 11.9 Å². The molecule has 0 aromatic rings. The minimum Gasteiger partial charge on any atom is -0.453 e. The molecular weight excluding hydrogens is 282 g/mol. The second kappa shape index (κ2) is 5.90. The van der Waals surface area contributed by atoms with Gasteiger partial charge in [-0.1, -0.05) is 6.08 Å². The number of methoxy groups -OCH3 is 2. The fraction of sp³-hybridized carbons (Fsp3) is 0.692. The predicted molar refractivity (Wildman–Crippen MR) is 69.6 cm³/mol. The lowest BCUT2D eigenvalue weighted by molar-refractivity contribution is -0.153. The van der Waals surface area contributed by atoms with Gasteiger partial charge in [-0.2, -0.15) is 0 Å². The molecule has 0 aromatic heterocycles. The average Bonchev–Trinajstić information content (AvgIpc) is 2.77. The number of fused-ring (bicyclic) bond motifs is 1. The van der Waals surface area contributed by atoms with Crippen LogP contribution in [0.25, 0.3) is 0 Å². The van der Waals surface area contributed by atoms with Crippen molar-refractivity contribution in [1.29, 1.82) is 0 Å². The van der Waals surface area contributed by atoms with E-state index in [4.69, 9.17) is 14.2 Å². The number of carbonyl (C=O) groups excluding carboxylic acids is 2. The van der Waals surface area contributed by atoms with E-state index in [-0.39, 0.29) is 0 Å². The van der Waals surface area contributed by atoms with Crippen LogP contribution in [0.2, 0.25) is 0 Å². The largest absolute Gasteiger partial charge is 0.508 e. The number of hydrogen-bond donors (Lipinski definition) is 1. The van der Waals surface area contributed by atoms with Gasteiger partial charge in [0.1, 0.15) is 12.2 Å². The lowest BCUT2D eigenvalue weighted by Gasteiger charge is -2.31. The molecule has 1 fully saturated rings. The summed E-state index contributed by atoms with van der Waals surface area (Å²) in [6, 6.07) is -0.443. The Hall–Kier alpha value is -1.80. The maximum absolute atomic E-state index is 11.4. The van der Waals surface area contributed by atoms with Crippen LogP contribution in [0.1, 0.15) is 13.8 Å². The first-order valence-electron chi connectivity index (χ1n) is 6.49. The van der Waals surface area contributed by atoms with E-state index in [0.29, 0.717) is 0 Å². The van der Waals surface area contributed by atoms with E-state index in [9.17, 15) is 9.59 Å². The van der Waals surface area contributed by atoms with Crippen molar-refractivity contribution in [1.82, 2.24) is 5.32 Å². The maximum Gasteiger partial charge on any atom is 0.508 e. The maximum atomic E-state index is 11.4. The molecule has 1 amide bonds. The first kappa shape index (κ1) is 15.6. The first-order chi connectivity index (χ1) is 9.86. The zero-order chi connectivity index (χ0) is 15.6. The molecule has 0 aromatic carbocycles. The van der Waals surface area contributed by atoms with E-state index < -0.39 is 42.4 Å². The van der Waals surface area contributed by atoms with Crippen LogP contribution in [0.3, 0.4) is 0 Å². The third kappa shape index (κ3) is 3.45. The minimum absolute atomic E-state index is 0.443. The quantitative estimate of drug-likeness (QED) is 0.599. The number of nitrogens with one attached hydrogen (secondary N) is 1. The normalized spacial score (nSPS) is 33.0. The highest BCUT2D eigenvalue weighted by Gasteiger charge is 2.51. The number of rotatable bonds is 2. The Morgan fingerprint density at radius 1 is 1.10 bits per heavy atom. The van der Waals surface area contributed by atoms with Crippen LogP contribution in [0, 0.1) is 0 Å². The zero-order valence-corrected chi connectivity index (χ0v) is 12.3. The van der Waals surface area contributed by atoms with Crippen molar-refractivity contribution in [3.8, 4) is 0 Å². The van der Waals surface area contributed by atoms with E-state index in [1.54, 1.807) is 26.0 Å². The van der Waals surface area contributed by atoms with Gasteiger partial charge in [-0.25, -0.2) is 9.59 Å². The van der Waals surface area contributed by atoms with Crippen LogP contribution in [0.15, 0.2) is 12.2 Å². The third-order valence-corrected chi connectivity index (χ3v) is 3.22. The lowest BCUT2D eigenvalue weighted by Crippen LogP contribution is -2.52. The van der Waals surface area contributed by atoms with E-state index in [1.807, 2.05) is 0 Å². The second-order valence-electron chi connectivity index (χ2n) is 5.15. The van der Waals surface area contributed by atoms with Crippen LogP contribution < -0.4 is 5.32 Å². The smallest absolute Gasteiger partial charge is 0.453 e. The number of hydrogen-bond acceptors (Lipinski definition) is 7. The van der Waals surface area contributed by atoms with Gasteiger partial charge in [0.05, 0.1) is 20.3 Å². The fourth-order valence-electron chi connectivity index (χ4n) is 2.39. The van der Waals surface area contributed by atoms with Crippen molar-refractivity contribution in [3.63, 3.8) is 0 Å². The van der Waals surface area contributed by atoms with Crippen molar-refractivity contribution in [3.05, 3.63) is 12.2 Å².